The SMILES string of the molecule is CCCSP(=O)(OCC)N1CCSC1=O. The van der Waals surface area contributed by atoms with Gasteiger partial charge in [0.1, 0.15) is 0 Å². The van der Waals surface area contributed by atoms with Crippen LogP contribution in [0.25, 0.3) is 0 Å². The Morgan fingerprint density at radius 2 is 2.33 bits per heavy atom. The lowest BCUT2D eigenvalue weighted by molar-refractivity contribution is 0.241. The average Bonchev–Trinajstić information content (AvgIpc) is 2.62. The lowest BCUT2D eigenvalue weighted by Crippen LogP contribution is -2.20. The second-order valence-electron chi connectivity index (χ2n) is 2.96. The summed E-state index contributed by atoms with van der Waals surface area (Å²) in [5.74, 6) is 1.47. The van der Waals surface area contributed by atoms with Crippen molar-refractivity contribution in [2.45, 2.75) is 20.3 Å². The fourth-order valence-corrected chi connectivity index (χ4v) is 6.93. The molecule has 0 radical (unpaired) electrons. The van der Waals surface area contributed by atoms with Gasteiger partial charge in [0.2, 0.25) is 0 Å². The topological polar surface area (TPSA) is 46.6 Å². The maximum atomic E-state index is 12.4. The summed E-state index contributed by atoms with van der Waals surface area (Å²) in [7, 11) is 0. The summed E-state index contributed by atoms with van der Waals surface area (Å²) in [5.41, 5.74) is 0. The molecule has 0 aromatic heterocycles. The van der Waals surface area contributed by atoms with Gasteiger partial charge in [0.15, 0.2) is 0 Å². The minimum atomic E-state index is -2.96. The lowest BCUT2D eigenvalue weighted by Gasteiger charge is -2.25. The van der Waals surface area contributed by atoms with Gasteiger partial charge in [0, 0.05) is 18.1 Å². The number of thioether (sulfide) groups is 1. The van der Waals surface area contributed by atoms with Gasteiger partial charge in [-0.3, -0.25) is 14.0 Å². The Balaban J connectivity index is 2.70. The van der Waals surface area contributed by atoms with Crippen LogP contribution >= 0.6 is 29.9 Å². The maximum absolute atomic E-state index is 12.4. The summed E-state index contributed by atoms with van der Waals surface area (Å²) in [5, 5.41) is -0.115. The first kappa shape index (κ1) is 13.4. The smallest absolute Gasteiger partial charge is 0.306 e. The van der Waals surface area contributed by atoms with E-state index in [0.717, 1.165) is 12.2 Å². The van der Waals surface area contributed by atoms with E-state index >= 15 is 0 Å². The van der Waals surface area contributed by atoms with Crippen molar-refractivity contribution in [2.24, 2.45) is 0 Å². The van der Waals surface area contributed by atoms with Crippen molar-refractivity contribution in [1.82, 2.24) is 4.67 Å². The number of hydrogen-bond acceptors (Lipinski definition) is 5. The van der Waals surface area contributed by atoms with Crippen LogP contribution in [-0.4, -0.2) is 34.6 Å². The summed E-state index contributed by atoms with van der Waals surface area (Å²) in [6, 6.07) is 0. The maximum Gasteiger partial charge on any atom is 0.356 e. The van der Waals surface area contributed by atoms with Crippen molar-refractivity contribution < 1.29 is 13.9 Å². The van der Waals surface area contributed by atoms with E-state index in [2.05, 4.69) is 0 Å². The number of hydrogen-bond donors (Lipinski definition) is 0. The predicted octanol–water partition coefficient (Wildman–Crippen LogP) is 3.44. The molecule has 0 bridgehead atoms. The molecule has 1 unspecified atom stereocenters. The van der Waals surface area contributed by atoms with Gasteiger partial charge in [-0.2, -0.15) is 0 Å². The Morgan fingerprint density at radius 3 is 2.80 bits per heavy atom. The third kappa shape index (κ3) is 3.41. The van der Waals surface area contributed by atoms with Crippen LogP contribution in [0.4, 0.5) is 4.79 Å². The number of amides is 1. The van der Waals surface area contributed by atoms with E-state index in [0.29, 0.717) is 18.9 Å². The van der Waals surface area contributed by atoms with Crippen molar-refractivity contribution in [3.63, 3.8) is 0 Å². The lowest BCUT2D eigenvalue weighted by atomic mass is 10.6. The standard InChI is InChI=1S/C8H16NO3PS2/c1-3-6-15-13(11,12-4-2)9-5-7-14-8(9)10/h3-7H2,1-2H3. The zero-order valence-corrected chi connectivity index (χ0v) is 11.5. The fraction of sp³-hybridized carbons (Fsp3) is 0.875. The quantitative estimate of drug-likeness (QED) is 0.691. The molecule has 0 aliphatic carbocycles. The predicted molar refractivity (Wildman–Crippen MR) is 66.5 cm³/mol. The minimum absolute atomic E-state index is 0.115. The molecule has 0 aromatic rings. The molecule has 1 rings (SSSR count). The van der Waals surface area contributed by atoms with Gasteiger partial charge < -0.3 is 4.52 Å². The van der Waals surface area contributed by atoms with E-state index in [1.807, 2.05) is 6.92 Å². The first-order valence-corrected chi connectivity index (χ1v) is 9.13. The van der Waals surface area contributed by atoms with Crippen LogP contribution < -0.4 is 0 Å². The van der Waals surface area contributed by atoms with Gasteiger partial charge >= 0.3 is 6.72 Å². The molecule has 0 N–H and O–H groups in total. The highest BCUT2D eigenvalue weighted by Crippen LogP contribution is 2.64. The van der Waals surface area contributed by atoms with Gasteiger partial charge in [-0.1, -0.05) is 18.7 Å². The van der Waals surface area contributed by atoms with Crippen LogP contribution in [0.5, 0.6) is 0 Å². The van der Waals surface area contributed by atoms with E-state index < -0.39 is 6.72 Å². The molecule has 1 fully saturated rings. The number of carbonyl (C=O) groups is 1. The Hall–Kier alpha value is 0.360. The summed E-state index contributed by atoms with van der Waals surface area (Å²) in [6.07, 6.45) is 0.927. The molecule has 88 valence electrons. The summed E-state index contributed by atoms with van der Waals surface area (Å²) in [6.45, 7) is 1.77. The molecule has 0 aromatic carbocycles. The molecule has 1 saturated heterocycles. The van der Waals surface area contributed by atoms with Crippen molar-refractivity contribution >= 4 is 35.1 Å². The highest BCUT2D eigenvalue weighted by Gasteiger charge is 2.39. The van der Waals surface area contributed by atoms with Crippen LogP contribution in [0.3, 0.4) is 0 Å². The molecule has 1 aliphatic heterocycles. The Kier molecular flexibility index (Phi) is 5.53. The number of nitrogens with zero attached hydrogens (tertiary/aromatic N) is 1. The summed E-state index contributed by atoms with van der Waals surface area (Å²) < 4.78 is 19.1. The van der Waals surface area contributed by atoms with Crippen LogP contribution in [-0.2, 0) is 9.09 Å². The Morgan fingerprint density at radius 1 is 1.60 bits per heavy atom. The van der Waals surface area contributed by atoms with Crippen LogP contribution in [0.15, 0.2) is 0 Å². The zero-order valence-electron chi connectivity index (χ0n) is 8.97. The van der Waals surface area contributed by atoms with Crippen molar-refractivity contribution in [2.75, 3.05) is 24.7 Å². The molecule has 0 saturated carbocycles. The second kappa shape index (κ2) is 6.18. The largest absolute Gasteiger partial charge is 0.356 e. The molecule has 7 heteroatoms. The molecular formula is C8H16NO3PS2. The molecule has 4 nitrogen and oxygen atoms in total. The fourth-order valence-electron chi connectivity index (χ4n) is 1.15. The highest BCUT2D eigenvalue weighted by atomic mass is 32.7. The van der Waals surface area contributed by atoms with Gasteiger partial charge in [-0.15, -0.1) is 0 Å². The van der Waals surface area contributed by atoms with E-state index in [1.165, 1.54) is 27.8 Å². The van der Waals surface area contributed by atoms with Gasteiger partial charge in [0.25, 0.3) is 5.24 Å². The van der Waals surface area contributed by atoms with Crippen molar-refractivity contribution in [1.29, 1.82) is 0 Å². The van der Waals surface area contributed by atoms with E-state index in [-0.39, 0.29) is 5.24 Å². The number of rotatable bonds is 6. The van der Waals surface area contributed by atoms with E-state index in [1.54, 1.807) is 6.92 Å². The molecule has 0 spiro atoms. The van der Waals surface area contributed by atoms with Gasteiger partial charge in [0.05, 0.1) is 6.61 Å². The molecular weight excluding hydrogens is 253 g/mol. The van der Waals surface area contributed by atoms with Crippen LogP contribution in [0, 0.1) is 0 Å². The zero-order chi connectivity index (χ0) is 11.3. The van der Waals surface area contributed by atoms with E-state index in [4.69, 9.17) is 4.52 Å². The van der Waals surface area contributed by atoms with Gasteiger partial charge in [-0.25, -0.2) is 0 Å². The molecule has 15 heavy (non-hydrogen) atoms. The first-order valence-electron chi connectivity index (χ1n) is 4.98. The highest BCUT2D eigenvalue weighted by molar-refractivity contribution is 8.56. The third-order valence-electron chi connectivity index (χ3n) is 1.79. The summed E-state index contributed by atoms with van der Waals surface area (Å²) in [4.78, 5) is 11.5. The van der Waals surface area contributed by atoms with Gasteiger partial charge in [-0.05, 0) is 24.7 Å². The molecule has 1 atom stereocenters. The molecule has 1 aliphatic rings. The van der Waals surface area contributed by atoms with E-state index in [9.17, 15) is 9.36 Å². The first-order chi connectivity index (χ1) is 7.14. The Labute approximate surface area is 98.8 Å². The molecule has 1 amide bonds. The third-order valence-corrected chi connectivity index (χ3v) is 7.68. The Bertz CT molecular complexity index is 275. The monoisotopic (exact) mass is 269 g/mol. The second-order valence-corrected chi connectivity index (χ2v) is 8.51. The summed E-state index contributed by atoms with van der Waals surface area (Å²) >= 11 is 2.49. The molecule has 1 heterocycles. The normalized spacial score (nSPS) is 20.7. The average molecular weight is 269 g/mol. The van der Waals surface area contributed by atoms with Crippen molar-refractivity contribution in [3.8, 4) is 0 Å². The van der Waals surface area contributed by atoms with Crippen LogP contribution in [0.1, 0.15) is 20.3 Å². The number of carbonyl (C=O) groups excluding carboxylic acids is 1. The van der Waals surface area contributed by atoms with Crippen molar-refractivity contribution in [3.05, 3.63) is 0 Å². The van der Waals surface area contributed by atoms with Crippen LogP contribution in [0.2, 0.25) is 0 Å². The minimum Gasteiger partial charge on any atom is -0.306 e.